The fourth-order valence-electron chi connectivity index (χ4n) is 3.95. The highest BCUT2D eigenvalue weighted by Gasteiger charge is 2.31. The summed E-state index contributed by atoms with van der Waals surface area (Å²) in [7, 11) is 0. The van der Waals surface area contributed by atoms with Gasteiger partial charge in [-0.1, -0.05) is 0 Å². The van der Waals surface area contributed by atoms with Crippen LogP contribution >= 0.6 is 12.4 Å². The fourth-order valence-corrected chi connectivity index (χ4v) is 3.95. The lowest BCUT2D eigenvalue weighted by Gasteiger charge is -2.35. The van der Waals surface area contributed by atoms with Crippen LogP contribution in [0.1, 0.15) is 40.2 Å². The van der Waals surface area contributed by atoms with Crippen molar-refractivity contribution in [2.75, 3.05) is 31.1 Å². The summed E-state index contributed by atoms with van der Waals surface area (Å²) >= 11 is 0. The van der Waals surface area contributed by atoms with E-state index in [9.17, 15) is 14.7 Å². The largest absolute Gasteiger partial charge is 0.477 e. The van der Waals surface area contributed by atoms with Gasteiger partial charge in [0.15, 0.2) is 5.82 Å². The molecule has 0 bridgehead atoms. The number of fused-ring (bicyclic) bond motifs is 1. The first-order chi connectivity index (χ1) is 12.9. The Morgan fingerprint density at radius 2 is 2.14 bits per heavy atom. The second kappa shape index (κ2) is 7.69. The van der Waals surface area contributed by atoms with Crippen LogP contribution in [-0.2, 0) is 4.74 Å². The Hall–Kier alpha value is -2.16. The van der Waals surface area contributed by atoms with Gasteiger partial charge in [0.1, 0.15) is 5.56 Å². The molecule has 0 radical (unpaired) electrons. The topological polar surface area (TPSA) is 97.3 Å². The molecule has 4 rings (SSSR count). The number of morpholine rings is 1. The van der Waals surface area contributed by atoms with Crippen molar-refractivity contribution in [3.8, 4) is 0 Å². The average Bonchev–Trinajstić information content (AvgIpc) is 3.47. The van der Waals surface area contributed by atoms with E-state index in [1.165, 1.54) is 6.07 Å². The van der Waals surface area contributed by atoms with Gasteiger partial charge in [0.2, 0.25) is 0 Å². The maximum absolute atomic E-state index is 15.0. The first-order valence-electron chi connectivity index (χ1n) is 9.10. The summed E-state index contributed by atoms with van der Waals surface area (Å²) in [5, 5.41) is 9.36. The molecular formula is C19H23ClFN3O4. The zero-order valence-corrected chi connectivity index (χ0v) is 16.3. The van der Waals surface area contributed by atoms with E-state index in [0.717, 1.165) is 29.0 Å². The predicted octanol–water partition coefficient (Wildman–Crippen LogP) is 1.91. The zero-order chi connectivity index (χ0) is 19.3. The Labute approximate surface area is 167 Å². The van der Waals surface area contributed by atoms with Crippen LogP contribution in [0.2, 0.25) is 0 Å². The predicted molar refractivity (Wildman–Crippen MR) is 106 cm³/mol. The summed E-state index contributed by atoms with van der Waals surface area (Å²) in [4.78, 5) is 26.0. The molecule has 0 spiro atoms. The maximum atomic E-state index is 15.0. The summed E-state index contributed by atoms with van der Waals surface area (Å²) in [6, 6.07) is 1.47. The fraction of sp³-hybridized carbons (Fsp3) is 0.474. The number of aromatic nitrogens is 1. The second-order valence-electron chi connectivity index (χ2n) is 7.24. The van der Waals surface area contributed by atoms with Gasteiger partial charge in [-0.2, -0.15) is 0 Å². The molecule has 2 aliphatic rings. The number of rotatable bonds is 4. The smallest absolute Gasteiger partial charge is 0.341 e. The first-order valence-corrected chi connectivity index (χ1v) is 9.10. The van der Waals surface area contributed by atoms with Crippen LogP contribution in [0.4, 0.5) is 10.1 Å². The minimum Gasteiger partial charge on any atom is -0.477 e. The monoisotopic (exact) mass is 411 g/mol. The number of nitrogens with two attached hydrogens (primary N) is 1. The lowest BCUT2D eigenvalue weighted by Crippen LogP contribution is -2.46. The van der Waals surface area contributed by atoms with E-state index in [4.69, 9.17) is 10.5 Å². The number of ether oxygens (including phenoxy) is 1. The molecule has 1 saturated heterocycles. The highest BCUT2D eigenvalue weighted by molar-refractivity contribution is 5.89. The van der Waals surface area contributed by atoms with E-state index in [1.54, 1.807) is 6.92 Å². The van der Waals surface area contributed by atoms with Gasteiger partial charge in [-0.05, 0) is 42.9 Å². The number of nitrogens with zero attached hydrogens (tertiary/aromatic N) is 2. The van der Waals surface area contributed by atoms with Crippen molar-refractivity contribution in [2.24, 2.45) is 5.73 Å². The molecule has 2 aromatic rings. The molecule has 1 unspecified atom stereocenters. The third kappa shape index (κ3) is 3.36. The summed E-state index contributed by atoms with van der Waals surface area (Å²) in [6.07, 6.45) is 2.82. The molecule has 0 aromatic carbocycles. The minimum atomic E-state index is -1.29. The summed E-state index contributed by atoms with van der Waals surface area (Å²) in [5.41, 5.74) is 7.15. The number of anilines is 1. The normalized spacial score (nSPS) is 19.5. The van der Waals surface area contributed by atoms with Gasteiger partial charge in [-0.3, -0.25) is 9.20 Å². The molecule has 3 N–H and O–H groups in total. The molecule has 1 saturated carbocycles. The van der Waals surface area contributed by atoms with Crippen LogP contribution in [0.3, 0.4) is 0 Å². The van der Waals surface area contributed by atoms with Crippen LogP contribution < -0.4 is 16.2 Å². The lowest BCUT2D eigenvalue weighted by atomic mass is 10.0. The molecule has 1 aliphatic heterocycles. The van der Waals surface area contributed by atoms with Crippen LogP contribution in [0.15, 0.2) is 17.1 Å². The van der Waals surface area contributed by atoms with E-state index >= 15 is 4.39 Å². The van der Waals surface area contributed by atoms with E-state index < -0.39 is 17.3 Å². The maximum Gasteiger partial charge on any atom is 0.341 e. The van der Waals surface area contributed by atoms with E-state index in [2.05, 4.69) is 0 Å². The van der Waals surface area contributed by atoms with E-state index in [1.807, 2.05) is 4.90 Å². The molecule has 1 aliphatic carbocycles. The number of hydrogen-bond donors (Lipinski definition) is 2. The number of pyridine rings is 2. The number of aromatic carboxylic acids is 1. The SMILES string of the molecule is Cc1c(N2CCOC(CN)C2)c(F)cn2c(=O)c(C(=O)O)cc(C3CC3)c12.Cl. The van der Waals surface area contributed by atoms with Gasteiger partial charge in [0.25, 0.3) is 5.56 Å². The van der Waals surface area contributed by atoms with E-state index in [-0.39, 0.29) is 30.0 Å². The molecule has 0 amide bonds. The lowest BCUT2D eigenvalue weighted by molar-refractivity contribution is 0.0463. The van der Waals surface area contributed by atoms with Crippen LogP contribution in [0, 0.1) is 12.7 Å². The van der Waals surface area contributed by atoms with Crippen molar-refractivity contribution in [3.63, 3.8) is 0 Å². The Morgan fingerprint density at radius 1 is 1.43 bits per heavy atom. The Balaban J connectivity index is 0.00000225. The average molecular weight is 412 g/mol. The van der Waals surface area contributed by atoms with Crippen molar-refractivity contribution >= 4 is 29.6 Å². The Kier molecular flexibility index (Phi) is 5.65. The molecule has 28 heavy (non-hydrogen) atoms. The van der Waals surface area contributed by atoms with Crippen molar-refractivity contribution in [1.82, 2.24) is 4.40 Å². The molecule has 152 valence electrons. The van der Waals surface area contributed by atoms with Crippen molar-refractivity contribution < 1.29 is 19.0 Å². The number of carbonyl (C=O) groups is 1. The number of aryl methyl sites for hydroxylation is 1. The highest BCUT2D eigenvalue weighted by Crippen LogP contribution is 2.44. The van der Waals surface area contributed by atoms with Crippen LogP contribution in [-0.4, -0.2) is 47.8 Å². The van der Waals surface area contributed by atoms with Gasteiger partial charge < -0.3 is 20.5 Å². The number of carboxylic acids is 1. The Morgan fingerprint density at radius 3 is 2.75 bits per heavy atom. The van der Waals surface area contributed by atoms with Gasteiger partial charge in [-0.25, -0.2) is 9.18 Å². The third-order valence-electron chi connectivity index (χ3n) is 5.41. The molecule has 2 fully saturated rings. The molecule has 3 heterocycles. The zero-order valence-electron chi connectivity index (χ0n) is 15.5. The highest BCUT2D eigenvalue weighted by atomic mass is 35.5. The van der Waals surface area contributed by atoms with Crippen molar-refractivity contribution in [3.05, 3.63) is 45.1 Å². The standard InChI is InChI=1S/C19H22FN3O4.ClH/c1-10-16-13(11-2-3-11)6-14(19(25)26)18(24)23(16)9-15(20)17(10)22-4-5-27-12(7-21)8-22;/h6,9,11-12H,2-5,7-8,21H2,1H3,(H,25,26);1H. The summed E-state index contributed by atoms with van der Waals surface area (Å²) in [5.74, 6) is -1.64. The molecule has 1 atom stereocenters. The van der Waals surface area contributed by atoms with Gasteiger partial charge in [-0.15, -0.1) is 12.4 Å². The second-order valence-corrected chi connectivity index (χ2v) is 7.24. The van der Waals surface area contributed by atoms with Crippen LogP contribution in [0.25, 0.3) is 5.52 Å². The summed E-state index contributed by atoms with van der Waals surface area (Å²) in [6.45, 7) is 3.58. The number of hydrogen-bond acceptors (Lipinski definition) is 5. The molecule has 7 nitrogen and oxygen atoms in total. The summed E-state index contributed by atoms with van der Waals surface area (Å²) < 4.78 is 21.8. The quantitative estimate of drug-likeness (QED) is 0.797. The van der Waals surface area contributed by atoms with Gasteiger partial charge in [0.05, 0.1) is 30.1 Å². The minimum absolute atomic E-state index is 0. The molecule has 9 heteroatoms. The van der Waals surface area contributed by atoms with Gasteiger partial charge in [0, 0.05) is 19.6 Å². The number of carboxylic acid groups (broad SMARTS) is 1. The molecular weight excluding hydrogens is 389 g/mol. The van der Waals surface area contributed by atoms with Gasteiger partial charge >= 0.3 is 5.97 Å². The third-order valence-corrected chi connectivity index (χ3v) is 5.41. The van der Waals surface area contributed by atoms with Crippen molar-refractivity contribution in [2.45, 2.75) is 31.8 Å². The first kappa shape index (κ1) is 20.6. The van der Waals surface area contributed by atoms with Crippen molar-refractivity contribution in [1.29, 1.82) is 0 Å². The van der Waals surface area contributed by atoms with E-state index in [0.29, 0.717) is 43.0 Å². The van der Waals surface area contributed by atoms with Crippen LogP contribution in [0.5, 0.6) is 0 Å². The number of halogens is 2. The molecule has 2 aromatic heterocycles. The Bertz CT molecular complexity index is 990.